The summed E-state index contributed by atoms with van der Waals surface area (Å²) < 4.78 is 1.13. The van der Waals surface area contributed by atoms with Crippen LogP contribution >= 0.6 is 12.8 Å². The largest absolute Gasteiger partial charge is 0.206 e. The maximum absolute atomic E-state index is 3.92. The first kappa shape index (κ1) is 7.30. The molecule has 0 saturated heterocycles. The van der Waals surface area contributed by atoms with Crippen molar-refractivity contribution in [1.82, 2.24) is 19.6 Å². The Morgan fingerprint density at radius 2 is 2.42 bits per heavy atom. The highest BCUT2D eigenvalue weighted by Crippen LogP contribution is 2.11. The highest BCUT2D eigenvalue weighted by Gasteiger charge is 2.01. The van der Waals surface area contributed by atoms with E-state index in [1.807, 2.05) is 18.2 Å². The Kier molecular flexibility index (Phi) is 1.79. The molecule has 0 bridgehead atoms. The first-order chi connectivity index (χ1) is 5.86. The maximum atomic E-state index is 3.92. The van der Waals surface area contributed by atoms with Crippen LogP contribution in [0.25, 0.3) is 11.4 Å². The second-order valence-corrected chi connectivity index (χ2v) is 2.53. The van der Waals surface area contributed by atoms with Gasteiger partial charge in [-0.15, -0.1) is 14.4 Å². The topological polar surface area (TPSA) is 43.6 Å². The molecular formula is C7H5N4S. The lowest BCUT2D eigenvalue weighted by Gasteiger charge is -1.89. The van der Waals surface area contributed by atoms with Crippen LogP contribution in [-0.2, 0) is 0 Å². The highest BCUT2D eigenvalue weighted by molar-refractivity contribution is 7.78. The van der Waals surface area contributed by atoms with E-state index in [0.29, 0.717) is 5.82 Å². The van der Waals surface area contributed by atoms with Gasteiger partial charge in [0.05, 0.1) is 0 Å². The average Bonchev–Trinajstić information content (AvgIpc) is 2.54. The Hall–Kier alpha value is -1.36. The van der Waals surface area contributed by atoms with Gasteiger partial charge in [-0.3, -0.25) is 0 Å². The molecule has 0 amide bonds. The summed E-state index contributed by atoms with van der Waals surface area (Å²) in [5.74, 6) is 0.557. The van der Waals surface area contributed by atoms with E-state index in [0.717, 1.165) is 9.77 Å². The van der Waals surface area contributed by atoms with E-state index in [4.69, 9.17) is 0 Å². The van der Waals surface area contributed by atoms with Crippen molar-refractivity contribution >= 4 is 12.8 Å². The number of tetrazole rings is 1. The van der Waals surface area contributed by atoms with Gasteiger partial charge in [-0.1, -0.05) is 18.2 Å². The predicted molar refractivity (Wildman–Crippen MR) is 46.5 cm³/mol. The van der Waals surface area contributed by atoms with Crippen LogP contribution in [0.15, 0.2) is 24.3 Å². The van der Waals surface area contributed by atoms with Crippen LogP contribution in [0, 0.1) is 6.07 Å². The number of thiol groups is 1. The summed E-state index contributed by atoms with van der Waals surface area (Å²) >= 11 is 3.88. The van der Waals surface area contributed by atoms with Gasteiger partial charge in [-0.2, -0.15) is 0 Å². The zero-order chi connectivity index (χ0) is 8.39. The average molecular weight is 177 g/mol. The van der Waals surface area contributed by atoms with Crippen molar-refractivity contribution in [2.45, 2.75) is 0 Å². The second-order valence-electron chi connectivity index (χ2n) is 2.17. The van der Waals surface area contributed by atoms with E-state index < -0.39 is 0 Å². The normalized spacial score (nSPS) is 10.1. The molecule has 0 aliphatic rings. The fraction of sp³-hybridized carbons (Fsp3) is 0. The van der Waals surface area contributed by atoms with Crippen LogP contribution in [0.3, 0.4) is 0 Å². The zero-order valence-electron chi connectivity index (χ0n) is 6.05. The van der Waals surface area contributed by atoms with Crippen LogP contribution in [-0.4, -0.2) is 19.6 Å². The first-order valence-electron chi connectivity index (χ1n) is 3.32. The van der Waals surface area contributed by atoms with Crippen molar-refractivity contribution in [2.24, 2.45) is 0 Å². The number of hydrogen-bond acceptors (Lipinski definition) is 4. The number of rotatable bonds is 1. The van der Waals surface area contributed by atoms with E-state index >= 15 is 0 Å². The molecule has 1 aromatic carbocycles. The Bertz CT molecular complexity index is 370. The third-order valence-corrected chi connectivity index (χ3v) is 1.54. The number of benzene rings is 1. The number of hydrogen-bond donors (Lipinski definition) is 1. The summed E-state index contributed by atoms with van der Waals surface area (Å²) in [4.78, 5) is 0. The van der Waals surface area contributed by atoms with Gasteiger partial charge in [0.25, 0.3) is 0 Å². The van der Waals surface area contributed by atoms with E-state index in [-0.39, 0.29) is 0 Å². The van der Waals surface area contributed by atoms with E-state index in [1.165, 1.54) is 0 Å². The van der Waals surface area contributed by atoms with E-state index in [2.05, 4.69) is 34.3 Å². The summed E-state index contributed by atoms with van der Waals surface area (Å²) in [5.41, 5.74) is 0.887. The van der Waals surface area contributed by atoms with Crippen molar-refractivity contribution in [3.8, 4) is 11.4 Å². The van der Waals surface area contributed by atoms with Gasteiger partial charge < -0.3 is 0 Å². The van der Waals surface area contributed by atoms with Gasteiger partial charge in [-0.25, -0.2) is 0 Å². The van der Waals surface area contributed by atoms with Gasteiger partial charge in [0.1, 0.15) is 0 Å². The summed E-state index contributed by atoms with van der Waals surface area (Å²) in [5, 5.41) is 11.3. The molecule has 0 atom stereocenters. The molecule has 12 heavy (non-hydrogen) atoms. The van der Waals surface area contributed by atoms with E-state index in [9.17, 15) is 0 Å². The minimum atomic E-state index is 0.557. The first-order valence-corrected chi connectivity index (χ1v) is 3.72. The molecule has 0 saturated carbocycles. The molecule has 5 heteroatoms. The SMILES string of the molecule is Sn1nnc(-c2c[c]ccc2)n1. The van der Waals surface area contributed by atoms with E-state index in [1.54, 1.807) is 6.07 Å². The third kappa shape index (κ3) is 1.31. The van der Waals surface area contributed by atoms with Crippen molar-refractivity contribution in [3.05, 3.63) is 30.3 Å². The fourth-order valence-electron chi connectivity index (χ4n) is 0.855. The van der Waals surface area contributed by atoms with Crippen LogP contribution in [0.2, 0.25) is 0 Å². The van der Waals surface area contributed by atoms with Gasteiger partial charge >= 0.3 is 0 Å². The van der Waals surface area contributed by atoms with Gasteiger partial charge in [0.2, 0.25) is 5.82 Å². The third-order valence-electron chi connectivity index (χ3n) is 1.37. The van der Waals surface area contributed by atoms with Crippen molar-refractivity contribution in [1.29, 1.82) is 0 Å². The summed E-state index contributed by atoms with van der Waals surface area (Å²) in [6.45, 7) is 0. The molecule has 2 rings (SSSR count). The monoisotopic (exact) mass is 177 g/mol. The molecule has 0 unspecified atom stereocenters. The molecule has 0 spiro atoms. The molecule has 0 aliphatic carbocycles. The lowest BCUT2D eigenvalue weighted by molar-refractivity contribution is 0.825. The van der Waals surface area contributed by atoms with Crippen molar-refractivity contribution in [3.63, 3.8) is 0 Å². The standard InChI is InChI=1S/C7H5N4S/c12-11-9-7(8-10-11)6-4-2-1-3-5-6/h1-2,4-5,12H. The summed E-state index contributed by atoms with van der Waals surface area (Å²) in [7, 11) is 0. The van der Waals surface area contributed by atoms with Gasteiger partial charge in [0, 0.05) is 5.56 Å². The maximum Gasteiger partial charge on any atom is 0.206 e. The number of aromatic nitrogens is 4. The van der Waals surface area contributed by atoms with Crippen molar-refractivity contribution < 1.29 is 0 Å². The molecular weight excluding hydrogens is 172 g/mol. The molecule has 0 N–H and O–H groups in total. The Balaban J connectivity index is 2.45. The van der Waals surface area contributed by atoms with Gasteiger partial charge in [0.15, 0.2) is 0 Å². The van der Waals surface area contributed by atoms with Crippen LogP contribution in [0.4, 0.5) is 0 Å². The summed E-state index contributed by atoms with van der Waals surface area (Å²) in [6, 6.07) is 10.3. The van der Waals surface area contributed by atoms with Gasteiger partial charge in [-0.05, 0) is 30.2 Å². The minimum Gasteiger partial charge on any atom is -0.120 e. The Labute approximate surface area is 74.8 Å². The molecule has 1 heterocycles. The lowest BCUT2D eigenvalue weighted by Crippen LogP contribution is -1.84. The van der Waals surface area contributed by atoms with Crippen LogP contribution in [0.1, 0.15) is 0 Å². The second kappa shape index (κ2) is 2.94. The van der Waals surface area contributed by atoms with Crippen molar-refractivity contribution in [2.75, 3.05) is 0 Å². The zero-order valence-corrected chi connectivity index (χ0v) is 6.94. The minimum absolute atomic E-state index is 0.557. The smallest absolute Gasteiger partial charge is 0.120 e. The molecule has 1 aromatic heterocycles. The number of nitrogens with zero attached hydrogens (tertiary/aromatic N) is 4. The quantitative estimate of drug-likeness (QED) is 0.656. The highest BCUT2D eigenvalue weighted by atomic mass is 32.1. The Morgan fingerprint density at radius 1 is 1.50 bits per heavy atom. The lowest BCUT2D eigenvalue weighted by atomic mass is 10.2. The molecule has 1 radical (unpaired) electrons. The van der Waals surface area contributed by atoms with Crippen LogP contribution < -0.4 is 0 Å². The molecule has 4 nitrogen and oxygen atoms in total. The predicted octanol–water partition coefficient (Wildman–Crippen LogP) is 0.833. The van der Waals surface area contributed by atoms with Crippen LogP contribution in [0.5, 0.6) is 0 Å². The molecule has 59 valence electrons. The molecule has 0 aliphatic heterocycles. The Morgan fingerprint density at radius 3 is 3.00 bits per heavy atom. The summed E-state index contributed by atoms with van der Waals surface area (Å²) in [6.07, 6.45) is 0. The molecule has 2 aromatic rings. The fourth-order valence-corrected chi connectivity index (χ4v) is 0.980. The molecule has 0 fully saturated rings.